The van der Waals surface area contributed by atoms with Crippen molar-refractivity contribution < 1.29 is 27.8 Å². The summed E-state index contributed by atoms with van der Waals surface area (Å²) in [7, 11) is 0. The van der Waals surface area contributed by atoms with Gasteiger partial charge in [0.15, 0.2) is 0 Å². The molecule has 194 valence electrons. The predicted octanol–water partition coefficient (Wildman–Crippen LogP) is 3.77. The van der Waals surface area contributed by atoms with E-state index in [1.165, 1.54) is 24.4 Å². The van der Waals surface area contributed by atoms with Gasteiger partial charge < -0.3 is 25.0 Å². The maximum atomic E-state index is 13.7. The molecule has 1 fully saturated rings. The first kappa shape index (κ1) is 24.8. The number of carboxylic acid groups (broad SMARTS) is 1. The van der Waals surface area contributed by atoms with Gasteiger partial charge in [0, 0.05) is 50.0 Å². The third-order valence-electron chi connectivity index (χ3n) is 6.41. The van der Waals surface area contributed by atoms with Crippen molar-refractivity contribution in [2.24, 2.45) is 0 Å². The number of benzene rings is 1. The molecule has 0 unspecified atom stereocenters. The largest absolute Gasteiger partial charge is 0.478 e. The van der Waals surface area contributed by atoms with Gasteiger partial charge in [0.05, 0.1) is 30.0 Å². The van der Waals surface area contributed by atoms with Crippen molar-refractivity contribution in [3.8, 4) is 0 Å². The lowest BCUT2D eigenvalue weighted by Crippen LogP contribution is -2.37. The van der Waals surface area contributed by atoms with E-state index in [1.54, 1.807) is 17.0 Å². The number of nitrogens with one attached hydrogen (secondary N) is 1. The maximum absolute atomic E-state index is 13.7. The lowest BCUT2D eigenvalue weighted by molar-refractivity contribution is -0.137. The quantitative estimate of drug-likeness (QED) is 0.527. The van der Waals surface area contributed by atoms with Crippen LogP contribution in [0.5, 0.6) is 0 Å². The highest BCUT2D eigenvalue weighted by Crippen LogP contribution is 2.36. The van der Waals surface area contributed by atoms with Gasteiger partial charge in [-0.05, 0) is 42.8 Å². The highest BCUT2D eigenvalue weighted by molar-refractivity contribution is 5.88. The minimum Gasteiger partial charge on any atom is -0.478 e. The van der Waals surface area contributed by atoms with E-state index in [0.717, 1.165) is 17.3 Å². The molecule has 2 N–H and O–H groups in total. The fourth-order valence-electron chi connectivity index (χ4n) is 4.51. The highest BCUT2D eigenvalue weighted by atomic mass is 19.4. The summed E-state index contributed by atoms with van der Waals surface area (Å²) in [6.07, 6.45) is -2.33. The number of ether oxygens (including phenoxy) is 1. The number of morpholine rings is 1. The second kappa shape index (κ2) is 10.2. The lowest BCUT2D eigenvalue weighted by atomic mass is 10.1. The first-order chi connectivity index (χ1) is 17.8. The number of pyridine rings is 1. The van der Waals surface area contributed by atoms with Gasteiger partial charge in [0.1, 0.15) is 11.6 Å². The number of aromatic carboxylic acids is 1. The number of alkyl halides is 3. The second-order valence-corrected chi connectivity index (χ2v) is 8.76. The van der Waals surface area contributed by atoms with Gasteiger partial charge in [0.25, 0.3) is 0 Å². The Balaban J connectivity index is 1.48. The summed E-state index contributed by atoms with van der Waals surface area (Å²) in [6.45, 7) is 2.97. The minimum absolute atomic E-state index is 0.0945. The molecule has 0 bridgehead atoms. The average molecular weight is 515 g/mol. The van der Waals surface area contributed by atoms with Crippen LogP contribution >= 0.6 is 0 Å². The average Bonchev–Trinajstić information content (AvgIpc) is 3.12. The molecule has 0 aliphatic carbocycles. The normalized spacial score (nSPS) is 16.2. The Morgan fingerprint density at radius 3 is 2.41 bits per heavy atom. The molecule has 0 radical (unpaired) electrons. The Morgan fingerprint density at radius 2 is 1.70 bits per heavy atom. The van der Waals surface area contributed by atoms with Gasteiger partial charge in [-0.25, -0.2) is 14.8 Å². The summed E-state index contributed by atoms with van der Waals surface area (Å²) in [5.74, 6) is -0.0460. The molecule has 0 saturated carbocycles. The number of anilines is 4. The molecule has 12 heteroatoms. The van der Waals surface area contributed by atoms with Crippen molar-refractivity contribution >= 4 is 29.2 Å². The number of hydrogen-bond donors (Lipinski definition) is 2. The first-order valence-electron chi connectivity index (χ1n) is 11.9. The molecule has 2 aliphatic heterocycles. The highest BCUT2D eigenvalue weighted by Gasteiger charge is 2.36. The number of carboxylic acids is 1. The van der Waals surface area contributed by atoms with Crippen LogP contribution in [0.15, 0.2) is 42.6 Å². The van der Waals surface area contributed by atoms with Crippen molar-refractivity contribution in [3.05, 3.63) is 65.0 Å². The van der Waals surface area contributed by atoms with E-state index in [4.69, 9.17) is 14.7 Å². The summed E-state index contributed by atoms with van der Waals surface area (Å²) >= 11 is 0. The number of fused-ring (bicyclic) bond motifs is 1. The van der Waals surface area contributed by atoms with E-state index in [1.807, 2.05) is 4.90 Å². The molecule has 5 rings (SSSR count). The van der Waals surface area contributed by atoms with E-state index in [9.17, 15) is 23.1 Å². The SMILES string of the molecule is O=C(O)c1ccc(Nc2nc(N3CCOCC3)nc3c2CCN(c2ncccc2C(F)(F)F)CC3)cc1. The molecule has 37 heavy (non-hydrogen) atoms. The van der Waals surface area contributed by atoms with Crippen LogP contribution < -0.4 is 15.1 Å². The molecule has 0 atom stereocenters. The summed E-state index contributed by atoms with van der Waals surface area (Å²) < 4.78 is 46.4. The molecular weight excluding hydrogens is 489 g/mol. The van der Waals surface area contributed by atoms with Crippen LogP contribution in [0.2, 0.25) is 0 Å². The number of aromatic nitrogens is 3. The van der Waals surface area contributed by atoms with E-state index in [-0.39, 0.29) is 11.4 Å². The molecule has 3 aromatic rings. The van der Waals surface area contributed by atoms with Crippen molar-refractivity contribution in [1.29, 1.82) is 0 Å². The molecule has 2 aliphatic rings. The fourth-order valence-corrected chi connectivity index (χ4v) is 4.51. The molecule has 0 spiro atoms. The predicted molar refractivity (Wildman–Crippen MR) is 131 cm³/mol. The molecule has 2 aromatic heterocycles. The zero-order valence-electron chi connectivity index (χ0n) is 19.8. The van der Waals surface area contributed by atoms with Gasteiger partial charge in [-0.1, -0.05) is 0 Å². The Kier molecular flexibility index (Phi) is 6.83. The Bertz CT molecular complexity index is 1280. The molecular formula is C25H25F3N6O3. The zero-order chi connectivity index (χ0) is 26.0. The van der Waals surface area contributed by atoms with Crippen LogP contribution in [0.4, 0.5) is 36.4 Å². The number of halogens is 3. The lowest BCUT2D eigenvalue weighted by Gasteiger charge is -2.28. The zero-order valence-corrected chi connectivity index (χ0v) is 19.8. The molecule has 4 heterocycles. The number of rotatable bonds is 5. The molecule has 0 amide bonds. The fraction of sp³-hybridized carbons (Fsp3) is 0.360. The van der Waals surface area contributed by atoms with E-state index in [2.05, 4.69) is 10.3 Å². The van der Waals surface area contributed by atoms with E-state index >= 15 is 0 Å². The van der Waals surface area contributed by atoms with Gasteiger partial charge in [-0.2, -0.15) is 18.2 Å². The monoisotopic (exact) mass is 514 g/mol. The van der Waals surface area contributed by atoms with Crippen LogP contribution in [-0.2, 0) is 23.8 Å². The van der Waals surface area contributed by atoms with Gasteiger partial charge in [0.2, 0.25) is 5.95 Å². The molecule has 1 saturated heterocycles. The van der Waals surface area contributed by atoms with Crippen LogP contribution in [0, 0.1) is 0 Å². The van der Waals surface area contributed by atoms with Crippen molar-refractivity contribution in [2.75, 3.05) is 54.5 Å². The number of carbonyl (C=O) groups is 1. The van der Waals surface area contributed by atoms with Crippen LogP contribution in [0.25, 0.3) is 0 Å². The Hall–Kier alpha value is -3.93. The van der Waals surface area contributed by atoms with Gasteiger partial charge >= 0.3 is 12.1 Å². The third kappa shape index (κ3) is 5.43. The van der Waals surface area contributed by atoms with E-state index in [0.29, 0.717) is 69.7 Å². The van der Waals surface area contributed by atoms with Crippen molar-refractivity contribution in [2.45, 2.75) is 19.0 Å². The summed E-state index contributed by atoms with van der Waals surface area (Å²) in [6, 6.07) is 8.63. The minimum atomic E-state index is -4.51. The third-order valence-corrected chi connectivity index (χ3v) is 6.41. The van der Waals surface area contributed by atoms with Gasteiger partial charge in [-0.3, -0.25) is 0 Å². The van der Waals surface area contributed by atoms with Crippen molar-refractivity contribution in [1.82, 2.24) is 15.0 Å². The Labute approximate surface area is 210 Å². The Morgan fingerprint density at radius 1 is 0.973 bits per heavy atom. The maximum Gasteiger partial charge on any atom is 0.419 e. The van der Waals surface area contributed by atoms with Crippen LogP contribution in [-0.4, -0.2) is 65.4 Å². The number of hydrogen-bond acceptors (Lipinski definition) is 8. The second-order valence-electron chi connectivity index (χ2n) is 8.76. The van der Waals surface area contributed by atoms with Crippen LogP contribution in [0.3, 0.4) is 0 Å². The van der Waals surface area contributed by atoms with Gasteiger partial charge in [-0.15, -0.1) is 0 Å². The van der Waals surface area contributed by atoms with Crippen LogP contribution in [0.1, 0.15) is 27.2 Å². The standard InChI is InChI=1S/C25H25F3N6O3/c26-25(27,28)19-2-1-9-29-22(19)33-10-7-18-20(8-11-33)31-24(34-12-14-37-15-13-34)32-21(18)30-17-5-3-16(4-6-17)23(35)36/h1-6,9H,7-8,10-15H2,(H,35,36)(H,30,31,32). The number of nitrogens with zero attached hydrogens (tertiary/aromatic N) is 5. The summed E-state index contributed by atoms with van der Waals surface area (Å²) in [5.41, 5.74) is 1.61. The first-order valence-corrected chi connectivity index (χ1v) is 11.9. The topological polar surface area (TPSA) is 104 Å². The van der Waals surface area contributed by atoms with E-state index < -0.39 is 17.7 Å². The summed E-state index contributed by atoms with van der Waals surface area (Å²) in [5, 5.41) is 12.5. The smallest absolute Gasteiger partial charge is 0.419 e. The molecule has 9 nitrogen and oxygen atoms in total. The summed E-state index contributed by atoms with van der Waals surface area (Å²) in [4.78, 5) is 28.5. The molecule has 1 aromatic carbocycles. The van der Waals surface area contributed by atoms with Crippen molar-refractivity contribution in [3.63, 3.8) is 0 Å².